The Balaban J connectivity index is 1.61. The molecule has 2 aliphatic rings. The van der Waals surface area contributed by atoms with E-state index >= 15 is 0 Å². The van der Waals surface area contributed by atoms with E-state index in [1.165, 1.54) is 18.2 Å². The minimum atomic E-state index is -3.18. The molecule has 120 valence electrons. The molecule has 0 bridgehead atoms. The predicted molar refractivity (Wildman–Crippen MR) is 80.4 cm³/mol. The zero-order valence-electron chi connectivity index (χ0n) is 12.4. The first-order valence-electron chi connectivity index (χ1n) is 7.29. The Morgan fingerprint density at radius 3 is 2.77 bits per heavy atom. The van der Waals surface area contributed by atoms with E-state index in [1.807, 2.05) is 0 Å². The fraction of sp³-hybridized carbons (Fsp3) is 0.533. The van der Waals surface area contributed by atoms with Gasteiger partial charge in [0, 0.05) is 24.7 Å². The number of amides is 1. The van der Waals surface area contributed by atoms with Crippen molar-refractivity contribution >= 4 is 15.9 Å². The van der Waals surface area contributed by atoms with Gasteiger partial charge in [-0.05, 0) is 42.9 Å². The molecule has 1 aromatic carbocycles. The monoisotopic (exact) mass is 326 g/mol. The number of likely N-dealkylation sites (tertiary alicyclic amines) is 1. The van der Waals surface area contributed by atoms with Crippen molar-refractivity contribution in [2.24, 2.45) is 5.41 Å². The van der Waals surface area contributed by atoms with Gasteiger partial charge in [-0.15, -0.1) is 0 Å². The summed E-state index contributed by atoms with van der Waals surface area (Å²) in [6.07, 6.45) is 3.54. The van der Waals surface area contributed by atoms with Gasteiger partial charge in [-0.1, -0.05) is 6.07 Å². The van der Waals surface area contributed by atoms with Crippen LogP contribution in [-0.2, 0) is 10.0 Å². The zero-order chi connectivity index (χ0) is 16.0. The van der Waals surface area contributed by atoms with Crippen LogP contribution in [0.1, 0.15) is 29.6 Å². The molecule has 2 fully saturated rings. The maximum Gasteiger partial charge on any atom is 0.253 e. The minimum absolute atomic E-state index is 0.0192. The molecule has 1 aromatic rings. The van der Waals surface area contributed by atoms with Crippen LogP contribution in [0.25, 0.3) is 0 Å². The van der Waals surface area contributed by atoms with Gasteiger partial charge in [-0.25, -0.2) is 17.5 Å². The topological polar surface area (TPSA) is 66.5 Å². The van der Waals surface area contributed by atoms with E-state index in [2.05, 4.69) is 4.72 Å². The zero-order valence-corrected chi connectivity index (χ0v) is 13.2. The van der Waals surface area contributed by atoms with Crippen molar-refractivity contribution in [3.63, 3.8) is 0 Å². The lowest BCUT2D eigenvalue weighted by Crippen LogP contribution is -2.51. The molecule has 1 heterocycles. The van der Waals surface area contributed by atoms with E-state index in [-0.39, 0.29) is 17.4 Å². The maximum absolute atomic E-state index is 13.2. The number of nitrogens with zero attached hydrogens (tertiary/aromatic N) is 1. The first-order valence-corrected chi connectivity index (χ1v) is 9.18. The fourth-order valence-corrected chi connectivity index (χ4v) is 4.39. The number of halogens is 1. The van der Waals surface area contributed by atoms with Gasteiger partial charge in [0.1, 0.15) is 5.82 Å². The molecule has 1 saturated heterocycles. The summed E-state index contributed by atoms with van der Waals surface area (Å²) in [7, 11) is -3.18. The Hall–Kier alpha value is -1.47. The van der Waals surface area contributed by atoms with E-state index in [9.17, 15) is 17.6 Å². The van der Waals surface area contributed by atoms with Gasteiger partial charge < -0.3 is 4.90 Å². The standard InChI is InChI=1S/C15H19FN2O3S/c1-22(20,21)17-13-8-15(9-13)5-6-18(10-15)14(19)11-3-2-4-12(16)7-11/h2-4,7,13,17H,5-6,8-10H2,1H3. The molecule has 3 rings (SSSR count). The van der Waals surface area contributed by atoms with Crippen molar-refractivity contribution in [3.05, 3.63) is 35.6 Å². The summed E-state index contributed by atoms with van der Waals surface area (Å²) in [5.74, 6) is -0.572. The summed E-state index contributed by atoms with van der Waals surface area (Å²) in [5.41, 5.74) is 0.382. The highest BCUT2D eigenvalue weighted by molar-refractivity contribution is 7.88. The number of benzene rings is 1. The number of carbonyl (C=O) groups is 1. The van der Waals surface area contributed by atoms with Crippen molar-refractivity contribution in [1.82, 2.24) is 9.62 Å². The van der Waals surface area contributed by atoms with E-state index in [4.69, 9.17) is 0 Å². The summed E-state index contributed by atoms with van der Waals surface area (Å²) in [5, 5.41) is 0. The van der Waals surface area contributed by atoms with Gasteiger partial charge in [-0.2, -0.15) is 0 Å². The molecular weight excluding hydrogens is 307 g/mol. The number of nitrogens with one attached hydrogen (secondary N) is 1. The van der Waals surface area contributed by atoms with Crippen LogP contribution in [0.15, 0.2) is 24.3 Å². The van der Waals surface area contributed by atoms with Crippen molar-refractivity contribution in [1.29, 1.82) is 0 Å². The largest absolute Gasteiger partial charge is 0.338 e. The van der Waals surface area contributed by atoms with Gasteiger partial charge in [0.25, 0.3) is 5.91 Å². The normalized spacial score (nSPS) is 27.9. The first kappa shape index (κ1) is 15.4. The lowest BCUT2D eigenvalue weighted by atomic mass is 9.65. The highest BCUT2D eigenvalue weighted by Crippen LogP contribution is 2.48. The van der Waals surface area contributed by atoms with Crippen LogP contribution < -0.4 is 4.72 Å². The van der Waals surface area contributed by atoms with Crippen LogP contribution in [-0.4, -0.2) is 44.6 Å². The predicted octanol–water partition coefficient (Wildman–Crippen LogP) is 1.37. The van der Waals surface area contributed by atoms with E-state index < -0.39 is 15.8 Å². The Labute approximate surface area is 129 Å². The average Bonchev–Trinajstić information content (AvgIpc) is 2.81. The third kappa shape index (κ3) is 3.15. The molecular formula is C15H19FN2O3S. The van der Waals surface area contributed by atoms with Crippen LogP contribution >= 0.6 is 0 Å². The van der Waals surface area contributed by atoms with Gasteiger partial charge in [-0.3, -0.25) is 4.79 Å². The molecule has 1 spiro atoms. The summed E-state index contributed by atoms with van der Waals surface area (Å²) >= 11 is 0. The lowest BCUT2D eigenvalue weighted by Gasteiger charge is -2.45. The molecule has 1 aliphatic heterocycles. The van der Waals surface area contributed by atoms with Crippen LogP contribution in [0.2, 0.25) is 0 Å². The van der Waals surface area contributed by atoms with Crippen molar-refractivity contribution in [2.75, 3.05) is 19.3 Å². The lowest BCUT2D eigenvalue weighted by molar-refractivity contribution is 0.0688. The highest BCUT2D eigenvalue weighted by atomic mass is 32.2. The van der Waals surface area contributed by atoms with Gasteiger partial charge in [0.2, 0.25) is 10.0 Å². The summed E-state index contributed by atoms with van der Waals surface area (Å²) in [4.78, 5) is 14.1. The SMILES string of the molecule is CS(=O)(=O)NC1CC2(CCN(C(=O)c3cccc(F)c3)C2)C1. The highest BCUT2D eigenvalue weighted by Gasteiger charge is 2.50. The molecule has 0 atom stereocenters. The Morgan fingerprint density at radius 2 is 2.14 bits per heavy atom. The van der Waals surface area contributed by atoms with E-state index in [1.54, 1.807) is 11.0 Å². The van der Waals surface area contributed by atoms with Gasteiger partial charge in [0.05, 0.1) is 6.26 Å². The van der Waals surface area contributed by atoms with Crippen LogP contribution in [0.5, 0.6) is 0 Å². The molecule has 0 radical (unpaired) electrons. The first-order chi connectivity index (χ1) is 10.3. The van der Waals surface area contributed by atoms with E-state index in [0.717, 1.165) is 25.5 Å². The molecule has 1 aliphatic carbocycles. The Kier molecular flexibility index (Phi) is 3.72. The fourth-order valence-electron chi connectivity index (χ4n) is 3.62. The molecule has 1 amide bonds. The van der Waals surface area contributed by atoms with Gasteiger partial charge >= 0.3 is 0 Å². The van der Waals surface area contributed by atoms with Crippen LogP contribution in [0.4, 0.5) is 4.39 Å². The summed E-state index contributed by atoms with van der Waals surface area (Å²) in [6, 6.07) is 5.69. The molecule has 1 saturated carbocycles. The molecule has 7 heteroatoms. The third-order valence-electron chi connectivity index (χ3n) is 4.54. The van der Waals surface area contributed by atoms with Gasteiger partial charge in [0.15, 0.2) is 0 Å². The third-order valence-corrected chi connectivity index (χ3v) is 5.30. The number of sulfonamides is 1. The maximum atomic E-state index is 13.2. The molecule has 0 aromatic heterocycles. The number of carbonyl (C=O) groups excluding carboxylic acids is 1. The summed E-state index contributed by atoms with van der Waals surface area (Å²) in [6.45, 7) is 1.26. The van der Waals surface area contributed by atoms with Crippen LogP contribution in [0, 0.1) is 11.2 Å². The second kappa shape index (κ2) is 5.31. The number of hydrogen-bond acceptors (Lipinski definition) is 3. The Morgan fingerprint density at radius 1 is 1.41 bits per heavy atom. The second-order valence-corrected chi connectivity index (χ2v) is 8.26. The van der Waals surface area contributed by atoms with Crippen molar-refractivity contribution < 1.29 is 17.6 Å². The molecule has 1 N–H and O–H groups in total. The minimum Gasteiger partial charge on any atom is -0.338 e. The number of hydrogen-bond donors (Lipinski definition) is 1. The van der Waals surface area contributed by atoms with Crippen LogP contribution in [0.3, 0.4) is 0 Å². The summed E-state index contributed by atoms with van der Waals surface area (Å²) < 4.78 is 38.3. The Bertz CT molecular complexity index is 698. The quantitative estimate of drug-likeness (QED) is 0.912. The smallest absolute Gasteiger partial charge is 0.253 e. The van der Waals surface area contributed by atoms with Crippen molar-refractivity contribution in [2.45, 2.75) is 25.3 Å². The second-order valence-electron chi connectivity index (χ2n) is 6.48. The molecule has 22 heavy (non-hydrogen) atoms. The molecule has 5 nitrogen and oxygen atoms in total. The number of rotatable bonds is 3. The van der Waals surface area contributed by atoms with Crippen molar-refractivity contribution in [3.8, 4) is 0 Å². The average molecular weight is 326 g/mol. The molecule has 0 unspecified atom stereocenters. The van der Waals surface area contributed by atoms with E-state index in [0.29, 0.717) is 18.7 Å².